The van der Waals surface area contributed by atoms with E-state index < -0.39 is 53.9 Å². The second kappa shape index (κ2) is 11.7. The Kier molecular flexibility index (Phi) is 9.44. The zero-order valence-corrected chi connectivity index (χ0v) is 26.2. The van der Waals surface area contributed by atoms with E-state index >= 15 is 4.39 Å². The van der Waals surface area contributed by atoms with E-state index in [2.05, 4.69) is 14.2 Å². The largest absolute Gasteiger partial charge is 0.573 e. The minimum atomic E-state index is -5.13. The number of nitrogens with one attached hydrogen (secondary N) is 2. The van der Waals surface area contributed by atoms with Crippen molar-refractivity contribution in [1.82, 2.24) is 9.44 Å². The third-order valence-corrected chi connectivity index (χ3v) is 9.75. The van der Waals surface area contributed by atoms with Gasteiger partial charge in [0.2, 0.25) is 20.0 Å². The quantitative estimate of drug-likeness (QED) is 0.248. The normalized spacial score (nSPS) is 13.5. The van der Waals surface area contributed by atoms with Gasteiger partial charge in [0.15, 0.2) is 0 Å². The number of hydrogen-bond donors (Lipinski definition) is 2. The van der Waals surface area contributed by atoms with Crippen molar-refractivity contribution in [2.24, 2.45) is 0 Å². The lowest BCUT2D eigenvalue weighted by molar-refractivity contribution is -0.275. The Morgan fingerprint density at radius 3 is 2.00 bits per heavy atom. The molecule has 0 unspecified atom stereocenters. The molecular formula is C29H36F4N2O5S2. The fourth-order valence-corrected chi connectivity index (χ4v) is 7.89. The molecule has 0 bridgehead atoms. The molecule has 3 aromatic rings. The summed E-state index contributed by atoms with van der Waals surface area (Å²) in [6.07, 6.45) is -4.35. The van der Waals surface area contributed by atoms with E-state index in [0.717, 1.165) is 12.1 Å². The van der Waals surface area contributed by atoms with Crippen LogP contribution in [0.25, 0.3) is 10.8 Å². The highest BCUT2D eigenvalue weighted by atomic mass is 32.2. The number of aryl methyl sites for hydroxylation is 2. The SMILES string of the molecule is CCCc1ccc(S(=O)(=O)NC(C)(C)Cc2ccc3c(C)ccc(S(=O)(=O)NC(C)(C)C)c3c2F)c(OC(F)(F)F)c1. The van der Waals surface area contributed by atoms with Gasteiger partial charge in [0.05, 0.1) is 4.90 Å². The van der Waals surface area contributed by atoms with E-state index in [4.69, 9.17) is 0 Å². The van der Waals surface area contributed by atoms with Crippen molar-refractivity contribution < 1.29 is 39.1 Å². The van der Waals surface area contributed by atoms with Gasteiger partial charge in [0.25, 0.3) is 0 Å². The van der Waals surface area contributed by atoms with Crippen LogP contribution in [0.4, 0.5) is 17.6 Å². The molecule has 2 N–H and O–H groups in total. The first-order chi connectivity index (χ1) is 19.1. The van der Waals surface area contributed by atoms with Crippen molar-refractivity contribution in [1.29, 1.82) is 0 Å². The zero-order chi connectivity index (χ0) is 31.9. The molecule has 0 fully saturated rings. The van der Waals surface area contributed by atoms with E-state index in [1.165, 1.54) is 32.0 Å². The summed E-state index contributed by atoms with van der Waals surface area (Å²) in [6, 6.07) is 9.38. The van der Waals surface area contributed by atoms with Gasteiger partial charge in [-0.1, -0.05) is 37.6 Å². The van der Waals surface area contributed by atoms with Gasteiger partial charge in [0.1, 0.15) is 16.5 Å². The maximum absolute atomic E-state index is 16.1. The molecule has 0 aromatic heterocycles. The average molecular weight is 633 g/mol. The van der Waals surface area contributed by atoms with Gasteiger partial charge in [-0.05, 0) is 94.7 Å². The van der Waals surface area contributed by atoms with Crippen molar-refractivity contribution in [3.63, 3.8) is 0 Å². The van der Waals surface area contributed by atoms with Crippen LogP contribution in [0.1, 0.15) is 64.7 Å². The number of alkyl halides is 3. The minimum absolute atomic E-state index is 0.0121. The minimum Gasteiger partial charge on any atom is -0.404 e. The van der Waals surface area contributed by atoms with Gasteiger partial charge in [-0.15, -0.1) is 13.2 Å². The van der Waals surface area contributed by atoms with Crippen LogP contribution in [0.3, 0.4) is 0 Å². The molecule has 3 rings (SSSR count). The Bertz CT molecular complexity index is 1700. The van der Waals surface area contributed by atoms with Crippen LogP contribution in [-0.2, 0) is 32.9 Å². The summed E-state index contributed by atoms with van der Waals surface area (Å²) in [5.41, 5.74) is -1.15. The predicted octanol–water partition coefficient (Wildman–Crippen LogP) is 6.51. The summed E-state index contributed by atoms with van der Waals surface area (Å²) in [7, 11) is -8.73. The molecule has 0 heterocycles. The lowest BCUT2D eigenvalue weighted by Crippen LogP contribution is -2.45. The van der Waals surface area contributed by atoms with Gasteiger partial charge in [-0.25, -0.2) is 30.7 Å². The van der Waals surface area contributed by atoms with E-state index in [1.54, 1.807) is 39.8 Å². The zero-order valence-electron chi connectivity index (χ0n) is 24.5. The molecule has 0 aliphatic rings. The van der Waals surface area contributed by atoms with E-state index in [9.17, 15) is 30.0 Å². The smallest absolute Gasteiger partial charge is 0.404 e. The third kappa shape index (κ3) is 8.21. The van der Waals surface area contributed by atoms with Crippen LogP contribution >= 0.6 is 0 Å². The maximum atomic E-state index is 16.1. The number of benzene rings is 3. The van der Waals surface area contributed by atoms with Gasteiger partial charge in [-0.3, -0.25) is 0 Å². The van der Waals surface area contributed by atoms with Crippen LogP contribution in [0.2, 0.25) is 0 Å². The molecule has 0 aliphatic carbocycles. The van der Waals surface area contributed by atoms with E-state index in [0.29, 0.717) is 29.4 Å². The highest BCUT2D eigenvalue weighted by Gasteiger charge is 2.36. The first-order valence-electron chi connectivity index (χ1n) is 13.2. The summed E-state index contributed by atoms with van der Waals surface area (Å²) in [5, 5.41) is 0.225. The Balaban J connectivity index is 2.05. The molecule has 0 aliphatic heterocycles. The number of hydrogen-bond acceptors (Lipinski definition) is 5. The molecule has 0 atom stereocenters. The maximum Gasteiger partial charge on any atom is 0.573 e. The standard InChI is InChI=1S/C29H36F4N2O5S2/c1-8-9-19-11-15-23(22(16-19)40-29(31,32)33)41(36,37)35-28(6,7)17-20-12-13-21-18(2)10-14-24(25(21)26(20)30)42(38,39)34-27(3,4)5/h10-16,34-35H,8-9,17H2,1-7H3. The summed E-state index contributed by atoms with van der Waals surface area (Å²) < 4.78 is 118. The van der Waals surface area contributed by atoms with Crippen LogP contribution in [0, 0.1) is 12.7 Å². The second-order valence-corrected chi connectivity index (χ2v) is 15.2. The fraction of sp³-hybridized carbons (Fsp3) is 0.448. The van der Waals surface area contributed by atoms with Crippen LogP contribution in [-0.4, -0.2) is 34.3 Å². The number of sulfonamides is 2. The van der Waals surface area contributed by atoms with Crippen LogP contribution in [0.15, 0.2) is 52.3 Å². The van der Waals surface area contributed by atoms with E-state index in [-0.39, 0.29) is 22.3 Å². The fourth-order valence-electron chi connectivity index (χ4n) is 4.74. The molecule has 0 radical (unpaired) electrons. The second-order valence-electron chi connectivity index (χ2n) is 11.9. The monoisotopic (exact) mass is 632 g/mol. The summed E-state index contributed by atoms with van der Waals surface area (Å²) in [4.78, 5) is -0.985. The predicted molar refractivity (Wildman–Crippen MR) is 154 cm³/mol. The Morgan fingerprint density at radius 1 is 0.833 bits per heavy atom. The van der Waals surface area contributed by atoms with Crippen molar-refractivity contribution in [2.45, 2.75) is 95.0 Å². The summed E-state index contributed by atoms with van der Waals surface area (Å²) in [6.45, 7) is 11.4. The molecule has 0 amide bonds. The molecule has 0 spiro atoms. The number of fused-ring (bicyclic) bond motifs is 1. The number of ether oxygens (including phenoxy) is 1. The summed E-state index contributed by atoms with van der Waals surface area (Å²) in [5.74, 6) is -1.71. The molecule has 13 heteroatoms. The average Bonchev–Trinajstić information content (AvgIpc) is 2.78. The molecule has 3 aromatic carbocycles. The Labute approximate surface area is 244 Å². The van der Waals surface area contributed by atoms with Gasteiger partial charge in [0, 0.05) is 16.5 Å². The van der Waals surface area contributed by atoms with Crippen molar-refractivity contribution >= 4 is 30.8 Å². The van der Waals surface area contributed by atoms with Crippen molar-refractivity contribution in [2.75, 3.05) is 0 Å². The molecule has 0 saturated carbocycles. The van der Waals surface area contributed by atoms with Crippen molar-refractivity contribution in [3.05, 3.63) is 65.0 Å². The van der Waals surface area contributed by atoms with E-state index in [1.807, 2.05) is 6.92 Å². The van der Waals surface area contributed by atoms with Gasteiger partial charge >= 0.3 is 6.36 Å². The van der Waals surface area contributed by atoms with Crippen molar-refractivity contribution in [3.8, 4) is 5.75 Å². The van der Waals surface area contributed by atoms with Gasteiger partial charge < -0.3 is 4.74 Å². The van der Waals surface area contributed by atoms with Crippen LogP contribution in [0.5, 0.6) is 5.75 Å². The first kappa shape index (κ1) is 33.8. The number of rotatable bonds is 10. The molecule has 42 heavy (non-hydrogen) atoms. The lowest BCUT2D eigenvalue weighted by Gasteiger charge is -2.27. The Hall–Kier alpha value is -2.74. The lowest BCUT2D eigenvalue weighted by atomic mass is 9.93. The molecular weight excluding hydrogens is 596 g/mol. The first-order valence-corrected chi connectivity index (χ1v) is 16.2. The highest BCUT2D eigenvalue weighted by molar-refractivity contribution is 7.90. The number of halogens is 4. The Morgan fingerprint density at radius 2 is 1.43 bits per heavy atom. The molecule has 0 saturated heterocycles. The topological polar surface area (TPSA) is 102 Å². The molecule has 7 nitrogen and oxygen atoms in total. The third-order valence-electron chi connectivity index (χ3n) is 6.21. The summed E-state index contributed by atoms with van der Waals surface area (Å²) >= 11 is 0. The van der Waals surface area contributed by atoms with Crippen LogP contribution < -0.4 is 14.2 Å². The van der Waals surface area contributed by atoms with Gasteiger partial charge in [-0.2, -0.15) is 0 Å². The highest BCUT2D eigenvalue weighted by Crippen LogP contribution is 2.34. The molecule has 232 valence electrons.